The van der Waals surface area contributed by atoms with Crippen molar-refractivity contribution in [2.75, 3.05) is 70.0 Å². The zero-order chi connectivity index (χ0) is 29.1. The fourth-order valence-electron chi connectivity index (χ4n) is 3.99. The van der Waals surface area contributed by atoms with Crippen LogP contribution < -0.4 is 15.3 Å². The van der Waals surface area contributed by atoms with Crippen molar-refractivity contribution >= 4 is 42.9 Å². The zero-order valence-electron chi connectivity index (χ0n) is 23.2. The summed E-state index contributed by atoms with van der Waals surface area (Å²) in [6, 6.07) is 7.55. The molecule has 40 heavy (non-hydrogen) atoms. The topological polar surface area (TPSA) is 151 Å². The Labute approximate surface area is 234 Å². The Morgan fingerprint density at radius 2 is 2.00 bits per heavy atom. The molecule has 0 saturated carbocycles. The number of morpholine rings is 1. The number of likely N-dealkylation sites (N-methyl/N-ethyl adjacent to an activating group) is 2. The number of carbonyl (C=O) groups excluding carboxylic acids is 1. The molecule has 3 rings (SSSR count). The molecule has 1 aliphatic rings. The van der Waals surface area contributed by atoms with Crippen LogP contribution >= 0.6 is 0 Å². The second-order valence-electron chi connectivity index (χ2n) is 9.26. The van der Waals surface area contributed by atoms with Gasteiger partial charge in [-0.15, -0.1) is 0 Å². The molecular weight excluding hydrogens is 514 g/mol. The highest BCUT2D eigenvalue weighted by Gasteiger charge is 2.23. The largest absolute Gasteiger partial charge is 0.389 e. The van der Waals surface area contributed by atoms with Crippen molar-refractivity contribution in [3.05, 3.63) is 41.6 Å². The van der Waals surface area contributed by atoms with E-state index < -0.39 is 12.0 Å². The lowest BCUT2D eigenvalue weighted by Crippen LogP contribution is -2.37. The van der Waals surface area contributed by atoms with Crippen molar-refractivity contribution in [1.29, 1.82) is 0 Å². The Morgan fingerprint density at radius 1 is 1.25 bits per heavy atom. The smallest absolute Gasteiger partial charge is 0.277 e. The number of hydrogen-bond donors (Lipinski definition) is 3. The molecule has 0 bridgehead atoms. The van der Waals surface area contributed by atoms with Gasteiger partial charge < -0.3 is 19.6 Å². The van der Waals surface area contributed by atoms with Crippen molar-refractivity contribution in [3.8, 4) is 11.4 Å². The molecule has 2 aromatic rings. The molecule has 214 valence electrons. The van der Waals surface area contributed by atoms with Gasteiger partial charge in [-0.2, -0.15) is 0 Å². The molecule has 13 nitrogen and oxygen atoms in total. The standard InChI is InChI=1S/C27H37N9O4/c1-19(37)20-7-6-8-21(15-20)24-31-25(23(29-3)26(32-24)36-11-13-40-14-12-36)35(5)10-9-34(4)18-30-17-22(16-28-2)27(38)33-39/h6-8,15-17,19,37,39H,2-3,9-14,18H2,1,4-5H3,(H,33,38)/b22-16+,30-17-. The van der Waals surface area contributed by atoms with E-state index in [1.54, 1.807) is 12.4 Å². The van der Waals surface area contributed by atoms with Crippen LogP contribution in [0, 0.1) is 0 Å². The van der Waals surface area contributed by atoms with E-state index in [9.17, 15) is 9.90 Å². The minimum atomic E-state index is -0.724. The highest BCUT2D eigenvalue weighted by Crippen LogP contribution is 2.37. The quantitative estimate of drug-likeness (QED) is 0.147. The number of hydrogen-bond acceptors (Lipinski definition) is 12. The third kappa shape index (κ3) is 7.99. The van der Waals surface area contributed by atoms with Gasteiger partial charge >= 0.3 is 0 Å². The van der Waals surface area contributed by atoms with Crippen LogP contribution in [0.3, 0.4) is 0 Å². The molecular formula is C27H37N9O4. The third-order valence-electron chi connectivity index (χ3n) is 6.27. The highest BCUT2D eigenvalue weighted by molar-refractivity contribution is 6.11. The van der Waals surface area contributed by atoms with Crippen molar-refractivity contribution < 1.29 is 19.8 Å². The fourth-order valence-corrected chi connectivity index (χ4v) is 3.99. The summed E-state index contributed by atoms with van der Waals surface area (Å²) in [4.78, 5) is 39.6. The van der Waals surface area contributed by atoms with Gasteiger partial charge in [-0.3, -0.25) is 29.9 Å². The lowest BCUT2D eigenvalue weighted by molar-refractivity contribution is -0.124. The van der Waals surface area contributed by atoms with Crippen LogP contribution in [0.4, 0.5) is 17.3 Å². The lowest BCUT2D eigenvalue weighted by Gasteiger charge is -2.31. The number of aromatic nitrogens is 2. The van der Waals surface area contributed by atoms with E-state index >= 15 is 0 Å². The van der Waals surface area contributed by atoms with Gasteiger partial charge in [0, 0.05) is 51.2 Å². The van der Waals surface area contributed by atoms with Gasteiger partial charge in [0.05, 0.1) is 31.6 Å². The number of nitrogens with zero attached hydrogens (tertiary/aromatic N) is 8. The molecule has 0 spiro atoms. The number of amides is 1. The molecule has 1 atom stereocenters. The SMILES string of the molecule is C=N/C=C(\C=N/CN(C)CCN(C)c1nc(-c2cccc(C(C)O)c2)nc(N2CCOCC2)c1N=C)C(=O)NO. The maximum absolute atomic E-state index is 11.7. The zero-order valence-corrected chi connectivity index (χ0v) is 23.2. The van der Waals surface area contributed by atoms with Gasteiger partial charge in [0.15, 0.2) is 17.5 Å². The molecule has 2 heterocycles. The van der Waals surface area contributed by atoms with E-state index in [4.69, 9.17) is 19.9 Å². The lowest BCUT2D eigenvalue weighted by atomic mass is 10.1. The van der Waals surface area contributed by atoms with Gasteiger partial charge in [-0.1, -0.05) is 18.2 Å². The normalized spacial score (nSPS) is 14.8. The van der Waals surface area contributed by atoms with Crippen LogP contribution in [0.1, 0.15) is 18.6 Å². The summed E-state index contributed by atoms with van der Waals surface area (Å²) in [6.07, 6.45) is 1.92. The van der Waals surface area contributed by atoms with Crippen LogP contribution in [0.15, 0.2) is 51.0 Å². The minimum Gasteiger partial charge on any atom is -0.389 e. The van der Waals surface area contributed by atoms with E-state index in [1.807, 2.05) is 48.2 Å². The van der Waals surface area contributed by atoms with E-state index in [2.05, 4.69) is 33.3 Å². The summed E-state index contributed by atoms with van der Waals surface area (Å²) in [5.41, 5.74) is 3.78. The second-order valence-corrected chi connectivity index (χ2v) is 9.26. The summed E-state index contributed by atoms with van der Waals surface area (Å²) in [7, 11) is 3.82. The maximum Gasteiger partial charge on any atom is 0.277 e. The average molecular weight is 552 g/mol. The number of benzene rings is 1. The molecule has 0 radical (unpaired) electrons. The molecule has 3 N–H and O–H groups in total. The number of anilines is 2. The number of hydroxylamine groups is 1. The molecule has 13 heteroatoms. The van der Waals surface area contributed by atoms with Gasteiger partial charge in [0.1, 0.15) is 5.69 Å². The molecule has 1 saturated heterocycles. The van der Waals surface area contributed by atoms with Crippen molar-refractivity contribution in [2.24, 2.45) is 15.0 Å². The number of aliphatic hydroxyl groups is 1. The number of carbonyl (C=O) groups is 1. The van der Waals surface area contributed by atoms with E-state index in [-0.39, 0.29) is 5.57 Å². The predicted octanol–water partition coefficient (Wildman–Crippen LogP) is 1.85. The highest BCUT2D eigenvalue weighted by atomic mass is 16.5. The molecule has 1 aromatic heterocycles. The third-order valence-corrected chi connectivity index (χ3v) is 6.27. The van der Waals surface area contributed by atoms with Crippen LogP contribution in [0.2, 0.25) is 0 Å². The van der Waals surface area contributed by atoms with Gasteiger partial charge in [-0.05, 0) is 39.0 Å². The fraction of sp³-hybridized carbons (Fsp3) is 0.407. The monoisotopic (exact) mass is 551 g/mol. The first kappa shape index (κ1) is 30.5. The van der Waals surface area contributed by atoms with Crippen molar-refractivity contribution in [1.82, 2.24) is 20.3 Å². The summed E-state index contributed by atoms with van der Waals surface area (Å²) in [5.74, 6) is 1.11. The number of ether oxygens (including phenoxy) is 1. The van der Waals surface area contributed by atoms with Crippen LogP contribution in [-0.2, 0) is 9.53 Å². The molecule has 1 aromatic carbocycles. The van der Waals surface area contributed by atoms with Crippen LogP contribution in [-0.4, -0.2) is 111 Å². The van der Waals surface area contributed by atoms with Crippen molar-refractivity contribution in [3.63, 3.8) is 0 Å². The maximum atomic E-state index is 11.7. The Kier molecular flexibility index (Phi) is 11.4. The Morgan fingerprint density at radius 3 is 2.65 bits per heavy atom. The molecule has 1 aliphatic heterocycles. The number of aliphatic hydroxyl groups excluding tert-OH is 1. The summed E-state index contributed by atoms with van der Waals surface area (Å²) >= 11 is 0. The summed E-state index contributed by atoms with van der Waals surface area (Å²) in [5, 5.41) is 19.0. The molecule has 0 aliphatic carbocycles. The first-order valence-corrected chi connectivity index (χ1v) is 12.8. The summed E-state index contributed by atoms with van der Waals surface area (Å²) in [6.45, 7) is 12.9. The number of aliphatic imine (C=N–C) groups is 3. The van der Waals surface area contributed by atoms with Gasteiger partial charge in [0.25, 0.3) is 5.91 Å². The number of rotatable bonds is 13. The van der Waals surface area contributed by atoms with Gasteiger partial charge in [0.2, 0.25) is 0 Å². The van der Waals surface area contributed by atoms with Crippen LogP contribution in [0.5, 0.6) is 0 Å². The first-order chi connectivity index (χ1) is 19.3. The van der Waals surface area contributed by atoms with Crippen LogP contribution in [0.25, 0.3) is 11.4 Å². The molecule has 1 fully saturated rings. The van der Waals surface area contributed by atoms with E-state index in [1.165, 1.54) is 12.4 Å². The van der Waals surface area contributed by atoms with Crippen molar-refractivity contribution in [2.45, 2.75) is 13.0 Å². The van der Waals surface area contributed by atoms with E-state index in [0.717, 1.165) is 11.1 Å². The Balaban J connectivity index is 1.86. The second kappa shape index (κ2) is 14.9. The molecule has 1 amide bonds. The minimum absolute atomic E-state index is 0.0773. The average Bonchev–Trinajstić information content (AvgIpc) is 2.98. The first-order valence-electron chi connectivity index (χ1n) is 12.8. The van der Waals surface area contributed by atoms with Gasteiger partial charge in [-0.25, -0.2) is 15.4 Å². The Hall–Kier alpha value is -4.04. The molecule has 1 unspecified atom stereocenters. The summed E-state index contributed by atoms with van der Waals surface area (Å²) < 4.78 is 5.54. The predicted molar refractivity (Wildman–Crippen MR) is 157 cm³/mol. The number of nitrogens with one attached hydrogen (secondary N) is 1. The Bertz CT molecular complexity index is 1240. The van der Waals surface area contributed by atoms with E-state index in [0.29, 0.717) is 69.2 Å².